The summed E-state index contributed by atoms with van der Waals surface area (Å²) < 4.78 is 0. The number of nitrogen functional groups attached to an aromatic ring is 3. The van der Waals surface area contributed by atoms with Crippen LogP contribution in [0.5, 0.6) is 0 Å². The second-order valence-electron chi connectivity index (χ2n) is 26.2. The number of carbonyl (C=O) groups is 3. The zero-order valence-corrected chi connectivity index (χ0v) is 68.0. The number of rotatable bonds is 17. The van der Waals surface area contributed by atoms with Crippen LogP contribution in [0.15, 0.2) is 249 Å². The Morgan fingerprint density at radius 1 is 0.325 bits per heavy atom. The zero-order chi connectivity index (χ0) is 88.2. The number of pyridine rings is 9. The van der Waals surface area contributed by atoms with Gasteiger partial charge in [0.2, 0.25) is 28.4 Å². The van der Waals surface area contributed by atoms with Gasteiger partial charge in [-0.3, -0.25) is 65.0 Å². The van der Waals surface area contributed by atoms with Crippen molar-refractivity contribution in [2.24, 2.45) is 0 Å². The highest BCUT2D eigenvalue weighted by molar-refractivity contribution is 6.33. The first-order valence-corrected chi connectivity index (χ1v) is 38.1. The van der Waals surface area contributed by atoms with Gasteiger partial charge in [0.15, 0.2) is 5.82 Å². The molecule has 9 aromatic heterocycles. The first-order valence-electron chi connectivity index (χ1n) is 36.6. The summed E-state index contributed by atoms with van der Waals surface area (Å²) in [6.07, 6.45) is 4.36. The molecule has 9 N–H and O–H groups in total. The number of halogens is 4. The summed E-state index contributed by atoms with van der Waals surface area (Å²) in [5.74, 6) is 0.229. The predicted molar refractivity (Wildman–Crippen MR) is 470 cm³/mol. The van der Waals surface area contributed by atoms with Gasteiger partial charge in [-0.05, 0) is 93.0 Å². The Morgan fingerprint density at radius 2 is 0.626 bits per heavy atom. The summed E-state index contributed by atoms with van der Waals surface area (Å²) in [7, 11) is 4.20. The molecule has 41 heteroatoms. The number of amides is 3. The zero-order valence-electron chi connectivity index (χ0n) is 64.9. The fraction of sp³-hybridized carbons (Fsp3) is 0.122. The second-order valence-corrected chi connectivity index (χ2v) is 27.7. The molecule has 2 aliphatic rings. The van der Waals surface area contributed by atoms with Crippen LogP contribution >= 0.6 is 46.4 Å². The topological polar surface area (TPSA) is 510 Å². The van der Waals surface area contributed by atoms with Crippen molar-refractivity contribution in [3.63, 3.8) is 0 Å². The Morgan fingerprint density at radius 3 is 0.959 bits per heavy atom. The Labute approximate surface area is 720 Å². The molecule has 123 heavy (non-hydrogen) atoms. The molecule has 0 bridgehead atoms. The van der Waals surface area contributed by atoms with Crippen molar-refractivity contribution in [1.29, 1.82) is 0 Å². The summed E-state index contributed by atoms with van der Waals surface area (Å²) in [4.78, 5) is 134. The number of hydrogen-bond acceptors (Lipinski definition) is 29. The smallest absolute Gasteiger partial charge is 0.311 e. The molecule has 0 unspecified atom stereocenters. The van der Waals surface area contributed by atoms with Crippen LogP contribution in [0.1, 0.15) is 31.1 Å². The van der Waals surface area contributed by atoms with E-state index >= 15 is 0 Å². The van der Waals surface area contributed by atoms with Gasteiger partial charge in [-0.25, -0.2) is 44.9 Å². The summed E-state index contributed by atoms with van der Waals surface area (Å²) >= 11 is 21.9. The first-order chi connectivity index (χ1) is 59.0. The van der Waals surface area contributed by atoms with Crippen molar-refractivity contribution in [2.45, 2.75) is 0 Å². The quantitative estimate of drug-likeness (QED) is 0.0280. The molecule has 0 spiro atoms. The van der Waals surface area contributed by atoms with Gasteiger partial charge >= 0.3 is 28.4 Å². The molecule has 2 fully saturated rings. The van der Waals surface area contributed by atoms with Crippen LogP contribution in [0, 0.1) is 50.6 Å². The Hall–Kier alpha value is -15.3. The molecule has 3 amide bonds. The number of nitrogens with one attached hydrogen (secondary N) is 3. The van der Waals surface area contributed by atoms with Crippen LogP contribution in [0.25, 0.3) is 45.0 Å². The van der Waals surface area contributed by atoms with Gasteiger partial charge in [0, 0.05) is 124 Å². The van der Waals surface area contributed by atoms with Gasteiger partial charge in [0.1, 0.15) is 27.1 Å². The number of nitrogens with two attached hydrogens (primary N) is 3. The van der Waals surface area contributed by atoms with E-state index in [4.69, 9.17) is 63.6 Å². The van der Waals surface area contributed by atoms with Crippen molar-refractivity contribution in [3.05, 3.63) is 337 Å². The largest absolute Gasteiger partial charge is 0.396 e. The predicted octanol–water partition coefficient (Wildman–Crippen LogP) is 15.5. The van der Waals surface area contributed by atoms with Gasteiger partial charge in [-0.1, -0.05) is 168 Å². The standard InChI is InChI=1S/C22H22N6O3.C22H24N6O.C17H11ClN4O3.C11H9N3O2.C5H2Cl2N2O2.C5H4ClN3O2/c1-26-11-13-27(14-12-26)20-10-7-17(15-23-20)22(29)25-21-19(28(30)31)9-8-18(24-21)16-5-3-2-4-6-16;1-27-11-13-28(14-12-27)20-10-7-17(15-24-20)22(29)26-21-18(23)8-9-19(25-21)16-5-3-2-4-6-16;18-15-9-6-12(10-19-15)17(23)21-16-14(22(24)25)8-7-13(20-16)11-4-2-1-3-5-11;12-11-10(14(15)16)7-6-9(13-11)8-4-2-1-3-5-8;2*6-4-2-1-3(9(10)11)5(7)8-4/h2-10,15H,11-14H2,1H3,(H,24,25,29);2-10,15H,11-14,23H2,1H3,(H,25,26,29);1-10H,(H,20,21,23);1-7H,(H2,12,13);1-2H;1-2H,(H2,7,8). The normalized spacial score (nSPS) is 12.1. The van der Waals surface area contributed by atoms with E-state index in [-0.39, 0.29) is 83.8 Å². The van der Waals surface area contributed by atoms with Crippen molar-refractivity contribution < 1.29 is 39.0 Å². The molecule has 4 aromatic carbocycles. The van der Waals surface area contributed by atoms with Crippen LogP contribution in [0.2, 0.25) is 20.6 Å². The molecule has 2 aliphatic heterocycles. The number of anilines is 8. The number of carbonyl (C=O) groups excluding carboxylic acids is 3. The lowest BCUT2D eigenvalue weighted by molar-refractivity contribution is -0.385. The molecule has 37 nitrogen and oxygen atoms in total. The molecule has 15 rings (SSSR count). The molecule has 13 aromatic rings. The number of aromatic nitrogens is 9. The van der Waals surface area contributed by atoms with Crippen molar-refractivity contribution in [2.75, 3.05) is 109 Å². The maximum Gasteiger partial charge on any atom is 0.311 e. The second kappa shape index (κ2) is 43.4. The Balaban J connectivity index is 0.000000161. The molecular formula is C82H72Cl4N24O13. The van der Waals surface area contributed by atoms with Gasteiger partial charge in [-0.15, -0.1) is 0 Å². The van der Waals surface area contributed by atoms with Crippen LogP contribution in [0.4, 0.5) is 74.8 Å². The van der Waals surface area contributed by atoms with Crippen molar-refractivity contribution in [3.8, 4) is 45.0 Å². The molecule has 626 valence electrons. The molecular weight excluding hydrogens is 1670 g/mol. The van der Waals surface area contributed by atoms with Crippen LogP contribution in [-0.4, -0.2) is 163 Å². The lowest BCUT2D eigenvalue weighted by Crippen LogP contribution is -2.44. The minimum Gasteiger partial charge on any atom is -0.396 e. The van der Waals surface area contributed by atoms with Gasteiger partial charge in [0.05, 0.1) is 69.8 Å². The minimum absolute atomic E-state index is 0.0636. The number of benzene rings is 4. The maximum atomic E-state index is 12.7. The number of hydrogen-bond donors (Lipinski definition) is 6. The highest BCUT2D eigenvalue weighted by Gasteiger charge is 2.25. The first kappa shape index (κ1) is 90.1. The third kappa shape index (κ3) is 25.9. The average Bonchev–Trinajstić information content (AvgIpc) is 0.821. The third-order valence-corrected chi connectivity index (χ3v) is 18.8. The van der Waals surface area contributed by atoms with E-state index < -0.39 is 36.4 Å². The molecule has 0 saturated carbocycles. The van der Waals surface area contributed by atoms with Crippen LogP contribution < -0.4 is 43.0 Å². The Kier molecular flexibility index (Phi) is 31.8. The van der Waals surface area contributed by atoms with E-state index in [0.717, 1.165) is 91.9 Å². The van der Waals surface area contributed by atoms with E-state index in [1.54, 1.807) is 42.6 Å². The van der Waals surface area contributed by atoms with E-state index in [1.807, 2.05) is 133 Å². The van der Waals surface area contributed by atoms with Crippen molar-refractivity contribution in [1.82, 2.24) is 54.7 Å². The van der Waals surface area contributed by atoms with Crippen LogP contribution in [0.3, 0.4) is 0 Å². The van der Waals surface area contributed by atoms with Gasteiger partial charge in [-0.2, -0.15) is 0 Å². The molecule has 11 heterocycles. The fourth-order valence-corrected chi connectivity index (χ4v) is 12.0. The number of piperazine rings is 2. The van der Waals surface area contributed by atoms with E-state index in [2.05, 4.69) is 94.5 Å². The van der Waals surface area contributed by atoms with E-state index in [9.17, 15) is 65.0 Å². The minimum atomic E-state index is -0.619. The molecule has 0 radical (unpaired) electrons. The summed E-state index contributed by atoms with van der Waals surface area (Å²) in [6, 6.07) is 65.0. The number of nitro groups is 5. The highest BCUT2D eigenvalue weighted by atomic mass is 35.5. The summed E-state index contributed by atoms with van der Waals surface area (Å²) in [6.45, 7) is 7.53. The number of nitrogens with zero attached hydrogens (tertiary/aromatic N) is 18. The molecule has 0 atom stereocenters. The van der Waals surface area contributed by atoms with Gasteiger partial charge < -0.3 is 52.8 Å². The maximum absolute atomic E-state index is 12.7. The SMILES string of the molecule is CN1CCN(c2ccc(C(=O)Nc3nc(-c4ccccc4)ccc3N)cn2)CC1.CN1CCN(c2ccc(C(=O)Nc3nc(-c4ccccc4)ccc3[N+](=O)[O-])cn2)CC1.Nc1nc(-c2ccccc2)ccc1[N+](=O)[O-].Nc1nc(Cl)ccc1[N+](=O)[O-].O=C(Nc1nc(-c2ccccc2)ccc1[N+](=O)[O-])c1ccc(Cl)nc1.O=[N+]([O-])c1ccc(Cl)nc1Cl. The number of likely N-dealkylation sites (N-methyl/N-ethyl adjacent to an activating group) is 2. The molecule has 2 saturated heterocycles. The van der Waals surface area contributed by atoms with E-state index in [1.165, 1.54) is 73.1 Å². The van der Waals surface area contributed by atoms with Crippen molar-refractivity contribution >= 4 is 139 Å². The van der Waals surface area contributed by atoms with Gasteiger partial charge in [0.25, 0.3) is 17.7 Å². The lowest BCUT2D eigenvalue weighted by Gasteiger charge is -2.33. The average molecular weight is 1740 g/mol. The highest BCUT2D eigenvalue weighted by Crippen LogP contribution is 2.32. The lowest BCUT2D eigenvalue weighted by atomic mass is 10.1. The monoisotopic (exact) mass is 1740 g/mol. The summed E-state index contributed by atoms with van der Waals surface area (Å²) in [5, 5.41) is 61.7. The summed E-state index contributed by atoms with van der Waals surface area (Å²) in [5.41, 5.74) is 22.8. The fourth-order valence-electron chi connectivity index (χ4n) is 11.3. The molecule has 0 aliphatic carbocycles. The van der Waals surface area contributed by atoms with E-state index in [0.29, 0.717) is 39.7 Å². The van der Waals surface area contributed by atoms with Crippen LogP contribution in [-0.2, 0) is 0 Å². The Bertz CT molecular complexity index is 5840. The third-order valence-electron chi connectivity index (χ3n) is 17.9.